The fourth-order valence-electron chi connectivity index (χ4n) is 6.33. The Hall–Kier alpha value is -2.50. The summed E-state index contributed by atoms with van der Waals surface area (Å²) in [6.07, 6.45) is 6.64. The molecule has 6 rings (SSSR count). The zero-order chi connectivity index (χ0) is 29.6. The van der Waals surface area contributed by atoms with Crippen LogP contribution in [0.3, 0.4) is 0 Å². The van der Waals surface area contributed by atoms with E-state index in [0.717, 1.165) is 25.7 Å². The zero-order valence-corrected chi connectivity index (χ0v) is 29.2. The van der Waals surface area contributed by atoms with Gasteiger partial charge in [0, 0.05) is 0 Å². The average Bonchev–Trinajstić information content (AvgIpc) is 3.61. The Balaban J connectivity index is 0.000000482. The van der Waals surface area contributed by atoms with Crippen molar-refractivity contribution < 1.29 is 26.2 Å². The second kappa shape index (κ2) is 15.3. The Morgan fingerprint density at radius 2 is 0.929 bits per heavy atom. The molecule has 0 saturated carbocycles. The molecule has 0 bridgehead atoms. The number of hydrogen-bond donors (Lipinski definition) is 0. The molecule has 0 aromatic heterocycles. The minimum atomic E-state index is -0.117. The molecule has 216 valence electrons. The van der Waals surface area contributed by atoms with E-state index in [2.05, 4.69) is 140 Å². The normalized spacial score (nSPS) is 11.2. The van der Waals surface area contributed by atoms with E-state index in [4.69, 9.17) is 0 Å². The van der Waals surface area contributed by atoms with Crippen LogP contribution in [0.15, 0.2) is 84.9 Å². The van der Waals surface area contributed by atoms with Crippen LogP contribution in [0.25, 0.3) is 43.1 Å². The number of fused-ring (bicyclic) bond motifs is 6. The molecule has 0 atom stereocenters. The van der Waals surface area contributed by atoms with Gasteiger partial charge in [0.25, 0.3) is 0 Å². The first-order chi connectivity index (χ1) is 19.9. The molecule has 6 aromatic rings. The van der Waals surface area contributed by atoms with Crippen LogP contribution in [-0.4, -0.2) is 0 Å². The molecule has 0 radical (unpaired) electrons. The summed E-state index contributed by atoms with van der Waals surface area (Å²) in [6, 6.07) is 31.8. The predicted octanol–water partition coefficient (Wildman–Crippen LogP) is 12.4. The van der Waals surface area contributed by atoms with Gasteiger partial charge in [-0.1, -0.05) is 131 Å². The molecule has 1 heteroatoms. The van der Waals surface area contributed by atoms with Crippen LogP contribution >= 0.6 is 0 Å². The maximum atomic E-state index is 3.60. The van der Waals surface area contributed by atoms with Crippen LogP contribution in [0.5, 0.6) is 0 Å². The summed E-state index contributed by atoms with van der Waals surface area (Å²) < 4.78 is 0. The second-order valence-electron chi connectivity index (χ2n) is 11.6. The summed E-state index contributed by atoms with van der Waals surface area (Å²) in [5.74, 6) is 0. The Kier molecular flexibility index (Phi) is 12.4. The summed E-state index contributed by atoms with van der Waals surface area (Å²) in [7, 11) is 0. The molecule has 0 N–H and O–H groups in total. The van der Waals surface area contributed by atoms with Crippen molar-refractivity contribution in [2.24, 2.45) is 0 Å². The minimum absolute atomic E-state index is 0. The quantitative estimate of drug-likeness (QED) is 0.160. The van der Waals surface area contributed by atoms with Gasteiger partial charge in [-0.05, 0) is 23.6 Å². The number of aryl methyl sites for hydroxylation is 2. The Morgan fingerprint density at radius 3 is 1.26 bits per heavy atom. The Morgan fingerprint density at radius 1 is 0.571 bits per heavy atom. The molecule has 0 aliphatic carbocycles. The van der Waals surface area contributed by atoms with Crippen LogP contribution in [-0.2, 0) is 44.5 Å². The van der Waals surface area contributed by atoms with Crippen molar-refractivity contribution in [1.82, 2.24) is 0 Å². The minimum Gasteiger partial charge on any atom is -0.343 e. The molecule has 0 aliphatic rings. The van der Waals surface area contributed by atoms with E-state index in [9.17, 15) is 0 Å². The van der Waals surface area contributed by atoms with Gasteiger partial charge in [-0.2, -0.15) is 12.8 Å². The van der Waals surface area contributed by atoms with E-state index in [0.29, 0.717) is 0 Å². The third-order valence-corrected chi connectivity index (χ3v) is 8.44. The zero-order valence-electron chi connectivity index (χ0n) is 26.7. The summed E-state index contributed by atoms with van der Waals surface area (Å²) in [4.78, 5) is 0. The third-order valence-electron chi connectivity index (χ3n) is 8.44. The maximum Gasteiger partial charge on any atom is 4.00 e. The number of rotatable bonds is 6. The SMILES string of the molecule is CCc1[cH-]c2ccc3ccccc3c2c1C(C)(C)c1c(CC)[cH-]c2ccc3ccccc3c12.[CH2-]CCC.[CH2-]CCC.[Zr+4]. The molecule has 0 saturated heterocycles. The van der Waals surface area contributed by atoms with Gasteiger partial charge in [0.05, 0.1) is 0 Å². The number of hydrogen-bond acceptors (Lipinski definition) is 0. The fraction of sp³-hybridized carbons (Fsp3) is 0.317. The van der Waals surface area contributed by atoms with Crippen molar-refractivity contribution in [3.05, 3.63) is 121 Å². The number of benzene rings is 4. The summed E-state index contributed by atoms with van der Waals surface area (Å²) >= 11 is 0. The van der Waals surface area contributed by atoms with E-state index in [1.807, 2.05) is 0 Å². The van der Waals surface area contributed by atoms with Gasteiger partial charge >= 0.3 is 26.2 Å². The van der Waals surface area contributed by atoms with Crippen molar-refractivity contribution in [1.29, 1.82) is 0 Å². The molecule has 0 spiro atoms. The summed E-state index contributed by atoms with van der Waals surface area (Å²) in [5, 5.41) is 11.0. The second-order valence-corrected chi connectivity index (χ2v) is 11.6. The van der Waals surface area contributed by atoms with Crippen molar-refractivity contribution in [3.8, 4) is 0 Å². The van der Waals surface area contributed by atoms with Crippen LogP contribution in [0.2, 0.25) is 0 Å². The van der Waals surface area contributed by atoms with E-state index in [-0.39, 0.29) is 31.6 Å². The van der Waals surface area contributed by atoms with Crippen molar-refractivity contribution in [2.45, 2.75) is 85.5 Å². The molecular formula is C41H48Zr. The van der Waals surface area contributed by atoms with E-state index < -0.39 is 0 Å². The van der Waals surface area contributed by atoms with Crippen molar-refractivity contribution in [3.63, 3.8) is 0 Å². The van der Waals surface area contributed by atoms with Crippen molar-refractivity contribution >= 4 is 43.1 Å². The molecule has 0 aliphatic heterocycles. The van der Waals surface area contributed by atoms with E-state index >= 15 is 0 Å². The van der Waals surface area contributed by atoms with Crippen molar-refractivity contribution in [2.75, 3.05) is 0 Å². The van der Waals surface area contributed by atoms with Gasteiger partial charge in [-0.15, -0.1) is 68.1 Å². The molecular weight excluding hydrogens is 584 g/mol. The summed E-state index contributed by atoms with van der Waals surface area (Å²) in [5.41, 5.74) is 5.85. The third kappa shape index (κ3) is 6.53. The van der Waals surface area contributed by atoms with Crippen LogP contribution in [0.4, 0.5) is 0 Å². The van der Waals surface area contributed by atoms with E-state index in [1.165, 1.54) is 78.2 Å². The van der Waals surface area contributed by atoms with Crippen LogP contribution in [0.1, 0.15) is 89.5 Å². The summed E-state index contributed by atoms with van der Waals surface area (Å²) in [6.45, 7) is 21.0. The molecule has 0 fully saturated rings. The maximum absolute atomic E-state index is 3.60. The molecule has 0 unspecified atom stereocenters. The monoisotopic (exact) mass is 630 g/mol. The van der Waals surface area contributed by atoms with Gasteiger partial charge in [-0.3, -0.25) is 0 Å². The molecule has 0 heterocycles. The van der Waals surface area contributed by atoms with Gasteiger partial charge < -0.3 is 13.8 Å². The number of unbranched alkanes of at least 4 members (excludes halogenated alkanes) is 2. The van der Waals surface area contributed by atoms with Gasteiger partial charge in [0.1, 0.15) is 0 Å². The fourth-order valence-corrected chi connectivity index (χ4v) is 6.33. The van der Waals surface area contributed by atoms with E-state index in [1.54, 1.807) is 0 Å². The standard InChI is InChI=1S/C33H30.2C4H9.Zr/c1-5-21-19-25-17-15-23-11-7-9-13-27(23)29(25)31(21)33(3,4)32-22(6-2)20-26-18-16-24-12-8-10-14-28(24)30(26)32;2*1-3-4-2;/h7-20H,5-6H2,1-4H3;2*1,3-4H2,2H3;/q-2;2*-1;+4. The van der Waals surface area contributed by atoms with Gasteiger partial charge in [0.2, 0.25) is 0 Å². The topological polar surface area (TPSA) is 0 Å². The molecule has 6 aromatic carbocycles. The average molecular weight is 632 g/mol. The molecule has 42 heavy (non-hydrogen) atoms. The molecule has 0 amide bonds. The van der Waals surface area contributed by atoms with Crippen LogP contribution in [0, 0.1) is 13.8 Å². The molecule has 0 nitrogen and oxygen atoms in total. The predicted molar refractivity (Wildman–Crippen MR) is 186 cm³/mol. The Labute approximate surface area is 274 Å². The van der Waals surface area contributed by atoms with Gasteiger partial charge in [-0.25, -0.2) is 0 Å². The Bertz CT molecular complexity index is 1590. The first kappa shape index (κ1) is 34.0. The van der Waals surface area contributed by atoms with Crippen LogP contribution < -0.4 is 0 Å². The largest absolute Gasteiger partial charge is 4.00 e. The smallest absolute Gasteiger partial charge is 0.343 e. The first-order valence-corrected chi connectivity index (χ1v) is 15.7. The van der Waals surface area contributed by atoms with Gasteiger partial charge in [0.15, 0.2) is 0 Å². The first-order valence-electron chi connectivity index (χ1n) is 15.7.